The summed E-state index contributed by atoms with van der Waals surface area (Å²) in [6, 6.07) is 9.78. The van der Waals surface area contributed by atoms with Crippen LogP contribution in [0.3, 0.4) is 0 Å². The molecule has 40 heavy (non-hydrogen) atoms. The predicted molar refractivity (Wildman–Crippen MR) is 156 cm³/mol. The van der Waals surface area contributed by atoms with Crippen LogP contribution in [0, 0.1) is 6.92 Å². The summed E-state index contributed by atoms with van der Waals surface area (Å²) in [4.78, 5) is 43.0. The smallest absolute Gasteiger partial charge is 0.268 e. The van der Waals surface area contributed by atoms with Crippen LogP contribution in [0.4, 0.5) is 5.82 Å². The molecular weight excluding hydrogens is 506 g/mol. The molecule has 5 heterocycles. The average Bonchev–Trinajstić information content (AvgIpc) is 3.37. The molecule has 1 aliphatic heterocycles. The van der Waals surface area contributed by atoms with Gasteiger partial charge < -0.3 is 24.8 Å². The highest BCUT2D eigenvalue weighted by atomic mass is 16.5. The minimum Gasteiger partial charge on any atom is -0.493 e. The van der Waals surface area contributed by atoms with E-state index in [1.807, 2.05) is 29.7 Å². The topological polar surface area (TPSA) is 108 Å². The van der Waals surface area contributed by atoms with Gasteiger partial charge in [-0.15, -0.1) is 0 Å². The number of hydrogen-bond donors (Lipinski definition) is 2. The van der Waals surface area contributed by atoms with E-state index in [9.17, 15) is 9.59 Å². The van der Waals surface area contributed by atoms with Gasteiger partial charge in [-0.2, -0.15) is 0 Å². The van der Waals surface area contributed by atoms with Crippen LogP contribution >= 0.6 is 0 Å². The van der Waals surface area contributed by atoms with E-state index in [4.69, 9.17) is 9.72 Å². The van der Waals surface area contributed by atoms with Gasteiger partial charge in [0.15, 0.2) is 0 Å². The number of pyridine rings is 3. The number of H-pyrrole nitrogens is 1. The second kappa shape index (κ2) is 11.5. The van der Waals surface area contributed by atoms with E-state index in [-0.39, 0.29) is 23.9 Å². The number of rotatable bonds is 8. The molecule has 0 spiro atoms. The Morgan fingerprint density at radius 2 is 1.88 bits per heavy atom. The highest BCUT2D eigenvalue weighted by molar-refractivity contribution is 5.95. The molecule has 0 bridgehead atoms. The number of aromatic amines is 1. The van der Waals surface area contributed by atoms with Crippen LogP contribution in [0.5, 0.6) is 5.75 Å². The maximum absolute atomic E-state index is 13.6. The van der Waals surface area contributed by atoms with E-state index >= 15 is 0 Å². The van der Waals surface area contributed by atoms with Gasteiger partial charge in [-0.25, -0.2) is 9.97 Å². The number of amides is 1. The molecule has 10 heteroatoms. The van der Waals surface area contributed by atoms with Crippen LogP contribution in [0.1, 0.15) is 54.1 Å². The average molecular weight is 544 g/mol. The van der Waals surface area contributed by atoms with E-state index in [1.54, 1.807) is 19.3 Å². The summed E-state index contributed by atoms with van der Waals surface area (Å²) >= 11 is 0. The number of nitrogens with one attached hydrogen (secondary N) is 2. The summed E-state index contributed by atoms with van der Waals surface area (Å²) in [5.74, 6) is 1.29. The van der Waals surface area contributed by atoms with Crippen molar-refractivity contribution in [2.24, 2.45) is 0 Å². The van der Waals surface area contributed by atoms with Crippen LogP contribution in [0.15, 0.2) is 47.7 Å². The zero-order valence-corrected chi connectivity index (χ0v) is 23.8. The third-order valence-corrected chi connectivity index (χ3v) is 7.32. The number of hydrogen-bond acceptors (Lipinski definition) is 7. The van der Waals surface area contributed by atoms with Crippen molar-refractivity contribution in [3.05, 3.63) is 75.9 Å². The first-order valence-corrected chi connectivity index (χ1v) is 13.8. The summed E-state index contributed by atoms with van der Waals surface area (Å²) in [7, 11) is 2.14. The molecule has 1 amide bonds. The quantitative estimate of drug-likeness (QED) is 0.350. The number of ether oxygens (including phenoxy) is 1. The van der Waals surface area contributed by atoms with Crippen LogP contribution < -0.4 is 20.5 Å². The summed E-state index contributed by atoms with van der Waals surface area (Å²) < 4.78 is 7.48. The van der Waals surface area contributed by atoms with Crippen molar-refractivity contribution in [3.8, 4) is 16.9 Å². The van der Waals surface area contributed by atoms with Gasteiger partial charge in [0.05, 0.1) is 29.9 Å². The molecule has 1 saturated heterocycles. The van der Waals surface area contributed by atoms with E-state index < -0.39 is 0 Å². The van der Waals surface area contributed by atoms with Gasteiger partial charge >= 0.3 is 0 Å². The molecule has 1 aliphatic rings. The molecule has 0 aliphatic carbocycles. The number of piperazine rings is 1. The molecule has 210 valence electrons. The van der Waals surface area contributed by atoms with E-state index in [0.29, 0.717) is 29.3 Å². The summed E-state index contributed by atoms with van der Waals surface area (Å²) in [5.41, 5.74) is 4.79. The number of fused-ring (bicyclic) bond motifs is 1. The van der Waals surface area contributed by atoms with Crippen molar-refractivity contribution in [2.75, 3.05) is 44.7 Å². The van der Waals surface area contributed by atoms with E-state index in [2.05, 4.69) is 58.1 Å². The summed E-state index contributed by atoms with van der Waals surface area (Å²) in [6.45, 7) is 12.2. The van der Waals surface area contributed by atoms with Gasteiger partial charge in [0.1, 0.15) is 23.6 Å². The van der Waals surface area contributed by atoms with Crippen LogP contribution in [0.25, 0.3) is 16.6 Å². The standard InChI is InChI=1S/C30H37N7O3/c1-6-40-26-13-20(4)34-29(38)23(26)17-32-30(39)25-15-22(14-24-28(19(2)3)33-18-37(24)25)21-7-8-27(31-16-21)36-11-9-35(5)10-12-36/h7-8,13-16,18-19H,6,9-12,17H2,1-5H3,(H,32,39)(H,34,38). The van der Waals surface area contributed by atoms with E-state index in [0.717, 1.165) is 54.3 Å². The first kappa shape index (κ1) is 27.4. The van der Waals surface area contributed by atoms with Crippen molar-refractivity contribution in [3.63, 3.8) is 0 Å². The highest BCUT2D eigenvalue weighted by Crippen LogP contribution is 2.28. The number of aromatic nitrogens is 4. The zero-order valence-electron chi connectivity index (χ0n) is 23.8. The van der Waals surface area contributed by atoms with Gasteiger partial charge in [0.2, 0.25) is 0 Å². The fourth-order valence-electron chi connectivity index (χ4n) is 5.08. The van der Waals surface area contributed by atoms with Crippen molar-refractivity contribution in [2.45, 2.75) is 40.2 Å². The zero-order chi connectivity index (χ0) is 28.4. The number of imidazole rings is 1. The predicted octanol–water partition coefficient (Wildman–Crippen LogP) is 3.60. The number of likely N-dealkylation sites (N-methyl/N-ethyl adjacent to an activating group) is 1. The largest absolute Gasteiger partial charge is 0.493 e. The molecule has 0 saturated carbocycles. The second-order valence-corrected chi connectivity index (χ2v) is 10.6. The molecule has 2 N–H and O–H groups in total. The van der Waals surface area contributed by atoms with Gasteiger partial charge in [-0.3, -0.25) is 14.0 Å². The Kier molecular flexibility index (Phi) is 7.88. The monoisotopic (exact) mass is 543 g/mol. The summed E-state index contributed by atoms with van der Waals surface area (Å²) in [6.07, 6.45) is 3.55. The Labute approximate surface area is 234 Å². The Bertz CT molecular complexity index is 1560. The third-order valence-electron chi connectivity index (χ3n) is 7.32. The van der Waals surface area contributed by atoms with Crippen LogP contribution in [-0.2, 0) is 6.54 Å². The van der Waals surface area contributed by atoms with Gasteiger partial charge in [0, 0.05) is 43.6 Å². The molecule has 10 nitrogen and oxygen atoms in total. The third kappa shape index (κ3) is 5.58. The molecule has 0 unspecified atom stereocenters. The van der Waals surface area contributed by atoms with Crippen LogP contribution in [-0.4, -0.2) is 70.0 Å². The first-order chi connectivity index (χ1) is 19.2. The van der Waals surface area contributed by atoms with Gasteiger partial charge in [-0.1, -0.05) is 13.8 Å². The first-order valence-electron chi connectivity index (χ1n) is 13.8. The minimum absolute atomic E-state index is 0.0303. The normalized spacial score (nSPS) is 14.2. The number of carbonyl (C=O) groups is 1. The van der Waals surface area contributed by atoms with Crippen LogP contribution in [0.2, 0.25) is 0 Å². The molecular formula is C30H37N7O3. The minimum atomic E-state index is -0.316. The maximum atomic E-state index is 13.6. The molecule has 0 atom stereocenters. The molecule has 4 aromatic heterocycles. The lowest BCUT2D eigenvalue weighted by Crippen LogP contribution is -2.44. The highest BCUT2D eigenvalue weighted by Gasteiger charge is 2.20. The number of aryl methyl sites for hydroxylation is 1. The van der Waals surface area contributed by atoms with Crippen molar-refractivity contribution < 1.29 is 9.53 Å². The Hall–Kier alpha value is -4.18. The number of carbonyl (C=O) groups excluding carboxylic acids is 1. The molecule has 4 aromatic rings. The number of anilines is 1. The lowest BCUT2D eigenvalue weighted by Gasteiger charge is -2.33. The van der Waals surface area contributed by atoms with Crippen molar-refractivity contribution in [1.29, 1.82) is 0 Å². The Morgan fingerprint density at radius 1 is 1.10 bits per heavy atom. The SMILES string of the molecule is CCOc1cc(C)[nH]c(=O)c1CNC(=O)c1cc(-c2ccc(N3CCN(C)CC3)nc2)cc2c(C(C)C)ncn12. The molecule has 5 rings (SSSR count). The van der Waals surface area contributed by atoms with Gasteiger partial charge in [0.25, 0.3) is 11.5 Å². The molecule has 0 aromatic carbocycles. The molecule has 0 radical (unpaired) electrons. The van der Waals surface area contributed by atoms with Crippen molar-refractivity contribution >= 4 is 17.2 Å². The second-order valence-electron chi connectivity index (χ2n) is 10.6. The lowest BCUT2D eigenvalue weighted by atomic mass is 10.0. The number of nitrogens with zero attached hydrogens (tertiary/aromatic N) is 5. The lowest BCUT2D eigenvalue weighted by molar-refractivity contribution is 0.0944. The van der Waals surface area contributed by atoms with Gasteiger partial charge in [-0.05, 0) is 62.7 Å². The maximum Gasteiger partial charge on any atom is 0.268 e. The fourth-order valence-corrected chi connectivity index (χ4v) is 5.08. The van der Waals surface area contributed by atoms with Crippen molar-refractivity contribution in [1.82, 2.24) is 29.6 Å². The Balaban J connectivity index is 1.47. The molecule has 1 fully saturated rings. The van der Waals surface area contributed by atoms with E-state index in [1.165, 1.54) is 0 Å². The Morgan fingerprint density at radius 3 is 2.55 bits per heavy atom. The fraction of sp³-hybridized carbons (Fsp3) is 0.400. The summed E-state index contributed by atoms with van der Waals surface area (Å²) in [5, 5.41) is 2.93.